The molecule has 0 aromatic carbocycles. The fraction of sp³-hybridized carbons (Fsp3) is 0.200. The molecule has 0 saturated heterocycles. The van der Waals surface area contributed by atoms with Crippen LogP contribution >= 0.6 is 11.6 Å². The van der Waals surface area contributed by atoms with Crippen molar-refractivity contribution >= 4 is 28.4 Å². The average Bonchev–Trinajstić information content (AvgIpc) is 2.43. The number of pyridine rings is 1. The number of nitrogens with zero attached hydrogens (tertiary/aromatic N) is 2. The molecule has 0 radical (unpaired) electrons. The zero-order chi connectivity index (χ0) is 10.3. The van der Waals surface area contributed by atoms with Crippen molar-refractivity contribution < 1.29 is 4.79 Å². The van der Waals surface area contributed by atoms with Crippen LogP contribution in [0.5, 0.6) is 0 Å². The van der Waals surface area contributed by atoms with Gasteiger partial charge < -0.3 is 4.57 Å². The van der Waals surface area contributed by atoms with E-state index < -0.39 is 0 Å². The number of aromatic nitrogens is 2. The molecule has 0 atom stereocenters. The molecule has 4 heteroatoms. The monoisotopic (exact) mass is 208 g/mol. The SMILES string of the molecule is CC(=O)c1cn(C)c2ccc(Cl)nc12. The van der Waals surface area contributed by atoms with Gasteiger partial charge in [-0.15, -0.1) is 0 Å². The number of ketones is 1. The third kappa shape index (κ3) is 1.30. The Labute approximate surface area is 86.3 Å². The molecule has 0 fully saturated rings. The maximum absolute atomic E-state index is 11.3. The summed E-state index contributed by atoms with van der Waals surface area (Å²) in [4.78, 5) is 15.4. The average molecular weight is 209 g/mol. The number of hydrogen-bond acceptors (Lipinski definition) is 2. The van der Waals surface area contributed by atoms with Crippen molar-refractivity contribution in [2.75, 3.05) is 0 Å². The van der Waals surface area contributed by atoms with E-state index in [1.807, 2.05) is 17.7 Å². The van der Waals surface area contributed by atoms with Crippen LogP contribution in [0.25, 0.3) is 11.0 Å². The summed E-state index contributed by atoms with van der Waals surface area (Å²) in [7, 11) is 1.88. The van der Waals surface area contributed by atoms with E-state index in [9.17, 15) is 4.79 Å². The second kappa shape index (κ2) is 3.10. The molecule has 0 unspecified atom stereocenters. The molecule has 2 heterocycles. The molecular formula is C10H9ClN2O. The van der Waals surface area contributed by atoms with Gasteiger partial charge in [-0.05, 0) is 19.1 Å². The molecule has 0 aliphatic heterocycles. The molecule has 2 aromatic heterocycles. The van der Waals surface area contributed by atoms with Crippen molar-refractivity contribution in [1.82, 2.24) is 9.55 Å². The summed E-state index contributed by atoms with van der Waals surface area (Å²) in [5, 5.41) is 0.409. The van der Waals surface area contributed by atoms with E-state index in [1.165, 1.54) is 6.92 Å². The second-order valence-corrected chi connectivity index (χ2v) is 3.60. The fourth-order valence-electron chi connectivity index (χ4n) is 1.49. The molecular weight excluding hydrogens is 200 g/mol. The number of rotatable bonds is 1. The topological polar surface area (TPSA) is 34.9 Å². The summed E-state index contributed by atoms with van der Waals surface area (Å²) in [6.45, 7) is 1.53. The van der Waals surface area contributed by atoms with E-state index in [1.54, 1.807) is 12.3 Å². The molecule has 2 rings (SSSR count). The molecule has 0 bridgehead atoms. The standard InChI is InChI=1S/C10H9ClN2O/c1-6(14)7-5-13(2)8-3-4-9(11)12-10(7)8/h3-5H,1-2H3. The maximum atomic E-state index is 11.3. The Balaban J connectivity index is 2.85. The van der Waals surface area contributed by atoms with Crippen molar-refractivity contribution in [3.8, 4) is 0 Å². The molecule has 3 nitrogen and oxygen atoms in total. The summed E-state index contributed by atoms with van der Waals surface area (Å²) in [5.74, 6) is 0.00497. The van der Waals surface area contributed by atoms with E-state index in [-0.39, 0.29) is 5.78 Å². The van der Waals surface area contributed by atoms with Gasteiger partial charge in [-0.25, -0.2) is 4.98 Å². The van der Waals surface area contributed by atoms with Crippen LogP contribution in [-0.2, 0) is 7.05 Å². The van der Waals surface area contributed by atoms with Crippen LogP contribution in [0.4, 0.5) is 0 Å². The van der Waals surface area contributed by atoms with Crippen molar-refractivity contribution in [3.63, 3.8) is 0 Å². The first-order valence-electron chi connectivity index (χ1n) is 4.22. The fourth-order valence-corrected chi connectivity index (χ4v) is 1.64. The lowest BCUT2D eigenvalue weighted by molar-refractivity contribution is 0.101. The van der Waals surface area contributed by atoms with Gasteiger partial charge in [-0.2, -0.15) is 0 Å². The molecule has 0 aliphatic carbocycles. The number of halogens is 1. The van der Waals surface area contributed by atoms with Crippen molar-refractivity contribution in [1.29, 1.82) is 0 Å². The van der Waals surface area contributed by atoms with E-state index >= 15 is 0 Å². The Morgan fingerprint density at radius 2 is 2.21 bits per heavy atom. The Kier molecular flexibility index (Phi) is 2.04. The molecule has 0 amide bonds. The molecule has 2 aromatic rings. The van der Waals surface area contributed by atoms with Crippen molar-refractivity contribution in [2.24, 2.45) is 7.05 Å². The van der Waals surface area contributed by atoms with Crippen molar-refractivity contribution in [3.05, 3.63) is 29.0 Å². The highest BCUT2D eigenvalue weighted by molar-refractivity contribution is 6.30. The summed E-state index contributed by atoms with van der Waals surface area (Å²) in [5.41, 5.74) is 2.21. The first-order valence-corrected chi connectivity index (χ1v) is 4.60. The number of carbonyl (C=O) groups excluding carboxylic acids is 1. The third-order valence-electron chi connectivity index (χ3n) is 2.18. The zero-order valence-electron chi connectivity index (χ0n) is 7.91. The Morgan fingerprint density at radius 1 is 1.50 bits per heavy atom. The Hall–Kier alpha value is -1.35. The third-order valence-corrected chi connectivity index (χ3v) is 2.39. The minimum Gasteiger partial charge on any atom is -0.348 e. The van der Waals surface area contributed by atoms with E-state index in [0.717, 1.165) is 5.52 Å². The van der Waals surface area contributed by atoms with Crippen LogP contribution < -0.4 is 0 Å². The molecule has 14 heavy (non-hydrogen) atoms. The quantitative estimate of drug-likeness (QED) is 0.533. The molecule has 0 N–H and O–H groups in total. The van der Waals surface area contributed by atoms with Crippen LogP contribution in [0.3, 0.4) is 0 Å². The molecule has 72 valence electrons. The highest BCUT2D eigenvalue weighted by Crippen LogP contribution is 2.20. The lowest BCUT2D eigenvalue weighted by Gasteiger charge is -1.94. The van der Waals surface area contributed by atoms with Gasteiger partial charge >= 0.3 is 0 Å². The van der Waals surface area contributed by atoms with Crippen molar-refractivity contribution in [2.45, 2.75) is 6.92 Å². The van der Waals surface area contributed by atoms with Gasteiger partial charge in [-0.3, -0.25) is 4.79 Å². The summed E-state index contributed by atoms with van der Waals surface area (Å²) >= 11 is 5.77. The Bertz CT molecular complexity index is 516. The number of fused-ring (bicyclic) bond motifs is 1. The summed E-state index contributed by atoms with van der Waals surface area (Å²) < 4.78 is 1.87. The van der Waals surface area contributed by atoms with Gasteiger partial charge in [0.25, 0.3) is 0 Å². The highest BCUT2D eigenvalue weighted by Gasteiger charge is 2.11. The van der Waals surface area contributed by atoms with E-state index in [2.05, 4.69) is 4.98 Å². The van der Waals surface area contributed by atoms with E-state index in [0.29, 0.717) is 16.2 Å². The number of hydrogen-bond donors (Lipinski definition) is 0. The molecule has 0 saturated carbocycles. The van der Waals surface area contributed by atoms with Gasteiger partial charge in [0.15, 0.2) is 5.78 Å². The van der Waals surface area contributed by atoms with Crippen LogP contribution in [0.15, 0.2) is 18.3 Å². The van der Waals surface area contributed by atoms with Gasteiger partial charge in [0, 0.05) is 13.2 Å². The zero-order valence-corrected chi connectivity index (χ0v) is 8.67. The van der Waals surface area contributed by atoms with Gasteiger partial charge in [0.05, 0.1) is 11.1 Å². The predicted molar refractivity (Wildman–Crippen MR) is 55.7 cm³/mol. The van der Waals surface area contributed by atoms with Crippen LogP contribution in [0.1, 0.15) is 17.3 Å². The Morgan fingerprint density at radius 3 is 2.86 bits per heavy atom. The van der Waals surface area contributed by atoms with E-state index in [4.69, 9.17) is 11.6 Å². The normalized spacial score (nSPS) is 10.8. The summed E-state index contributed by atoms with van der Waals surface area (Å²) in [6, 6.07) is 3.57. The lowest BCUT2D eigenvalue weighted by atomic mass is 10.2. The number of carbonyl (C=O) groups is 1. The van der Waals surface area contributed by atoms with Crippen LogP contribution in [0, 0.1) is 0 Å². The highest BCUT2D eigenvalue weighted by atomic mass is 35.5. The lowest BCUT2D eigenvalue weighted by Crippen LogP contribution is -1.90. The van der Waals surface area contributed by atoms with Gasteiger partial charge in [0.1, 0.15) is 10.7 Å². The maximum Gasteiger partial charge on any atom is 0.163 e. The molecule has 0 aliphatic rings. The number of aryl methyl sites for hydroxylation is 1. The number of Topliss-reactive ketones (excluding diaryl/α,β-unsaturated/α-hetero) is 1. The predicted octanol–water partition coefficient (Wildman–Crippen LogP) is 2.43. The first kappa shape index (κ1) is 9.21. The smallest absolute Gasteiger partial charge is 0.163 e. The minimum absolute atomic E-state index is 0.00497. The molecule has 0 spiro atoms. The first-order chi connectivity index (χ1) is 6.59. The largest absolute Gasteiger partial charge is 0.348 e. The second-order valence-electron chi connectivity index (χ2n) is 3.21. The summed E-state index contributed by atoms with van der Waals surface area (Å²) in [6.07, 6.45) is 1.77. The van der Waals surface area contributed by atoms with Gasteiger partial charge in [-0.1, -0.05) is 11.6 Å². The van der Waals surface area contributed by atoms with Crippen LogP contribution in [0.2, 0.25) is 5.15 Å². The minimum atomic E-state index is 0.00497. The van der Waals surface area contributed by atoms with Crippen LogP contribution in [-0.4, -0.2) is 15.3 Å². The van der Waals surface area contributed by atoms with Gasteiger partial charge in [0.2, 0.25) is 0 Å².